The maximum Gasteiger partial charge on any atom is 0.221 e. The van der Waals surface area contributed by atoms with Gasteiger partial charge in [-0.1, -0.05) is 6.07 Å². The Morgan fingerprint density at radius 2 is 2.08 bits per heavy atom. The van der Waals surface area contributed by atoms with Gasteiger partial charge in [-0.25, -0.2) is 14.4 Å². The summed E-state index contributed by atoms with van der Waals surface area (Å²) in [5, 5.41) is 0.358. The van der Waals surface area contributed by atoms with Gasteiger partial charge >= 0.3 is 0 Å². The number of aromatic nitrogens is 2. The third-order valence-electron chi connectivity index (χ3n) is 1.65. The molecule has 0 aliphatic heterocycles. The van der Waals surface area contributed by atoms with Gasteiger partial charge in [-0.05, 0) is 28.1 Å². The van der Waals surface area contributed by atoms with Crippen molar-refractivity contribution in [3.63, 3.8) is 0 Å². The normalized spacial score (nSPS) is 10.6. The van der Waals surface area contributed by atoms with Crippen molar-refractivity contribution in [2.24, 2.45) is 0 Å². The topological polar surface area (TPSA) is 51.8 Å². The zero-order chi connectivity index (χ0) is 9.42. The molecular weight excluding hydrogens is 237 g/mol. The molecule has 0 saturated carbocycles. The van der Waals surface area contributed by atoms with Crippen molar-refractivity contribution >= 4 is 32.8 Å². The Balaban J connectivity index is 2.94. The van der Waals surface area contributed by atoms with Crippen molar-refractivity contribution in [3.8, 4) is 0 Å². The lowest BCUT2D eigenvalue weighted by Crippen LogP contribution is -1.96. The molecule has 1 aromatic heterocycles. The van der Waals surface area contributed by atoms with Crippen LogP contribution in [0.25, 0.3) is 10.9 Å². The first kappa shape index (κ1) is 8.37. The van der Waals surface area contributed by atoms with E-state index in [0.717, 1.165) is 0 Å². The van der Waals surface area contributed by atoms with Crippen molar-refractivity contribution < 1.29 is 4.39 Å². The highest BCUT2D eigenvalue weighted by atomic mass is 79.9. The maximum atomic E-state index is 13.2. The van der Waals surface area contributed by atoms with Crippen LogP contribution in [-0.2, 0) is 0 Å². The Morgan fingerprint density at radius 3 is 2.85 bits per heavy atom. The highest BCUT2D eigenvalue weighted by molar-refractivity contribution is 9.10. The number of rotatable bonds is 0. The molecule has 1 heterocycles. The van der Waals surface area contributed by atoms with Crippen LogP contribution < -0.4 is 5.73 Å². The fourth-order valence-corrected chi connectivity index (χ4v) is 1.69. The molecule has 2 rings (SSSR count). The van der Waals surface area contributed by atoms with Gasteiger partial charge < -0.3 is 5.73 Å². The summed E-state index contributed by atoms with van der Waals surface area (Å²) in [4.78, 5) is 7.70. The average Bonchev–Trinajstić information content (AvgIpc) is 2.02. The monoisotopic (exact) mass is 241 g/mol. The Bertz CT molecular complexity index is 472. The standard InChI is InChI=1S/C8H5BrFN3/c9-7-6-4(10)2-1-3-5(6)12-8(11)13-7/h1-3H,(H2,11,12,13). The highest BCUT2D eigenvalue weighted by Crippen LogP contribution is 2.23. The van der Waals surface area contributed by atoms with Gasteiger partial charge in [0.2, 0.25) is 5.95 Å². The molecule has 0 aliphatic carbocycles. The molecule has 0 radical (unpaired) electrons. The van der Waals surface area contributed by atoms with Gasteiger partial charge in [0.05, 0.1) is 10.9 Å². The molecule has 0 bridgehead atoms. The number of fused-ring (bicyclic) bond motifs is 1. The van der Waals surface area contributed by atoms with Crippen molar-refractivity contribution in [1.82, 2.24) is 9.97 Å². The number of hydrogen-bond donors (Lipinski definition) is 1. The van der Waals surface area contributed by atoms with Crippen LogP contribution in [0.5, 0.6) is 0 Å². The Labute approximate surface area is 81.9 Å². The zero-order valence-corrected chi connectivity index (χ0v) is 8.05. The van der Waals surface area contributed by atoms with Crippen LogP contribution in [-0.4, -0.2) is 9.97 Å². The van der Waals surface area contributed by atoms with Crippen LogP contribution in [0, 0.1) is 5.82 Å². The smallest absolute Gasteiger partial charge is 0.221 e. The van der Waals surface area contributed by atoms with Gasteiger partial charge in [0.15, 0.2) is 0 Å². The first-order valence-corrected chi connectivity index (χ1v) is 4.35. The van der Waals surface area contributed by atoms with Crippen molar-refractivity contribution in [2.45, 2.75) is 0 Å². The van der Waals surface area contributed by atoms with Crippen LogP contribution in [0.2, 0.25) is 0 Å². The summed E-state index contributed by atoms with van der Waals surface area (Å²) in [6.07, 6.45) is 0. The minimum atomic E-state index is -0.357. The second-order valence-corrected chi connectivity index (χ2v) is 3.26. The second kappa shape index (κ2) is 2.92. The summed E-state index contributed by atoms with van der Waals surface area (Å²) in [7, 11) is 0. The summed E-state index contributed by atoms with van der Waals surface area (Å²) in [6, 6.07) is 4.62. The van der Waals surface area contributed by atoms with Crippen LogP contribution in [0.3, 0.4) is 0 Å². The van der Waals surface area contributed by atoms with E-state index in [-0.39, 0.29) is 11.8 Å². The minimum absolute atomic E-state index is 0.130. The SMILES string of the molecule is Nc1nc(Br)c2c(F)cccc2n1. The fourth-order valence-electron chi connectivity index (χ4n) is 1.12. The maximum absolute atomic E-state index is 13.2. The molecule has 0 amide bonds. The third-order valence-corrected chi connectivity index (χ3v) is 2.22. The summed E-state index contributed by atoms with van der Waals surface area (Å²) in [5.74, 6) is -0.227. The van der Waals surface area contributed by atoms with E-state index in [9.17, 15) is 4.39 Å². The number of hydrogen-bond acceptors (Lipinski definition) is 3. The molecule has 0 atom stereocenters. The first-order valence-electron chi connectivity index (χ1n) is 3.56. The fraction of sp³-hybridized carbons (Fsp3) is 0. The van der Waals surface area contributed by atoms with Gasteiger partial charge in [-0.15, -0.1) is 0 Å². The van der Waals surface area contributed by atoms with Gasteiger partial charge in [-0.3, -0.25) is 0 Å². The lowest BCUT2D eigenvalue weighted by molar-refractivity contribution is 0.638. The summed E-state index contributed by atoms with van der Waals surface area (Å²) < 4.78 is 13.6. The van der Waals surface area contributed by atoms with Crippen LogP contribution in [0.4, 0.5) is 10.3 Å². The molecule has 0 aliphatic rings. The van der Waals surface area contributed by atoms with E-state index in [1.54, 1.807) is 12.1 Å². The Kier molecular flexibility index (Phi) is 1.88. The van der Waals surface area contributed by atoms with Gasteiger partial charge in [0.25, 0.3) is 0 Å². The van der Waals surface area contributed by atoms with Crippen LogP contribution >= 0.6 is 15.9 Å². The van der Waals surface area contributed by atoms with E-state index in [4.69, 9.17) is 5.73 Å². The van der Waals surface area contributed by atoms with E-state index in [1.807, 2.05) is 0 Å². The van der Waals surface area contributed by atoms with Crippen molar-refractivity contribution in [1.29, 1.82) is 0 Å². The molecule has 13 heavy (non-hydrogen) atoms. The van der Waals surface area contributed by atoms with Gasteiger partial charge in [0, 0.05) is 0 Å². The second-order valence-electron chi connectivity index (χ2n) is 2.51. The predicted molar refractivity (Wildman–Crippen MR) is 51.6 cm³/mol. The van der Waals surface area contributed by atoms with E-state index < -0.39 is 0 Å². The summed E-state index contributed by atoms with van der Waals surface area (Å²) >= 11 is 3.13. The average molecular weight is 242 g/mol. The van der Waals surface area contributed by atoms with Crippen LogP contribution in [0.15, 0.2) is 22.8 Å². The van der Waals surface area contributed by atoms with E-state index >= 15 is 0 Å². The van der Waals surface area contributed by atoms with Gasteiger partial charge in [0.1, 0.15) is 10.4 Å². The van der Waals surface area contributed by atoms with E-state index in [0.29, 0.717) is 15.5 Å². The van der Waals surface area contributed by atoms with Crippen molar-refractivity contribution in [2.75, 3.05) is 5.73 Å². The molecular formula is C8H5BrFN3. The molecule has 66 valence electrons. The highest BCUT2D eigenvalue weighted by Gasteiger charge is 2.07. The molecule has 1 aromatic carbocycles. The quantitative estimate of drug-likeness (QED) is 0.720. The molecule has 2 aromatic rings. The van der Waals surface area contributed by atoms with E-state index in [1.165, 1.54) is 6.07 Å². The van der Waals surface area contributed by atoms with Crippen molar-refractivity contribution in [3.05, 3.63) is 28.6 Å². The lowest BCUT2D eigenvalue weighted by atomic mass is 10.2. The zero-order valence-electron chi connectivity index (χ0n) is 6.46. The molecule has 2 N–H and O–H groups in total. The number of nitrogen functional groups attached to an aromatic ring is 1. The number of anilines is 1. The lowest BCUT2D eigenvalue weighted by Gasteiger charge is -2.01. The Hall–Kier alpha value is -1.23. The first-order chi connectivity index (χ1) is 6.18. The molecule has 3 nitrogen and oxygen atoms in total. The molecule has 5 heteroatoms. The number of halogens is 2. The summed E-state index contributed by atoms with van der Waals surface area (Å²) in [6.45, 7) is 0. The minimum Gasteiger partial charge on any atom is -0.368 e. The molecule has 0 spiro atoms. The third kappa shape index (κ3) is 1.35. The molecule has 0 fully saturated rings. The van der Waals surface area contributed by atoms with Crippen LogP contribution in [0.1, 0.15) is 0 Å². The number of benzene rings is 1. The Morgan fingerprint density at radius 1 is 1.31 bits per heavy atom. The number of nitrogens with two attached hydrogens (primary N) is 1. The summed E-state index contributed by atoms with van der Waals surface area (Å²) in [5.41, 5.74) is 5.90. The van der Waals surface area contributed by atoms with E-state index in [2.05, 4.69) is 25.9 Å². The molecule has 0 saturated heterocycles. The largest absolute Gasteiger partial charge is 0.368 e. The van der Waals surface area contributed by atoms with Gasteiger partial charge in [-0.2, -0.15) is 0 Å². The number of nitrogens with zero attached hydrogens (tertiary/aromatic N) is 2. The molecule has 0 unspecified atom stereocenters. The predicted octanol–water partition coefficient (Wildman–Crippen LogP) is 2.11.